The van der Waals surface area contributed by atoms with Gasteiger partial charge < -0.3 is 30.2 Å². The Morgan fingerprint density at radius 2 is 1.64 bits per heavy atom. The summed E-state index contributed by atoms with van der Waals surface area (Å²) in [6.07, 6.45) is 1.96. The number of benzene rings is 2. The Bertz CT molecular complexity index is 1580. The maximum Gasteiger partial charge on any atom is 0.256 e. The minimum Gasteiger partial charge on any atom is -0.371 e. The van der Waals surface area contributed by atoms with Crippen LogP contribution in [0.5, 0.6) is 0 Å². The number of carbonyl (C=O) groups is 4. The zero-order valence-corrected chi connectivity index (χ0v) is 25.8. The number of amides is 4. The van der Waals surface area contributed by atoms with Gasteiger partial charge in [0.1, 0.15) is 6.04 Å². The average Bonchev–Trinajstić information content (AvgIpc) is 3.33. The number of hydrogen-bond acceptors (Lipinski definition) is 5. The highest BCUT2D eigenvalue weighted by Gasteiger charge is 2.62. The van der Waals surface area contributed by atoms with Crippen molar-refractivity contribution < 1.29 is 23.9 Å². The van der Waals surface area contributed by atoms with Crippen molar-refractivity contribution in [3.8, 4) is 0 Å². The molecule has 3 aromatic rings. The molecule has 1 aliphatic carbocycles. The number of rotatable bonds is 9. The van der Waals surface area contributed by atoms with Gasteiger partial charge in [-0.25, -0.2) is 0 Å². The zero-order chi connectivity index (χ0) is 31.2. The van der Waals surface area contributed by atoms with Crippen LogP contribution in [0, 0.1) is 22.7 Å². The summed E-state index contributed by atoms with van der Waals surface area (Å²) in [7, 11) is 1.53. The van der Waals surface area contributed by atoms with E-state index in [1.54, 1.807) is 18.0 Å². The first-order valence-electron chi connectivity index (χ1n) is 15.3. The van der Waals surface area contributed by atoms with E-state index in [4.69, 9.17) is 4.74 Å². The summed E-state index contributed by atoms with van der Waals surface area (Å²) in [6, 6.07) is 16.3. The van der Waals surface area contributed by atoms with E-state index in [1.807, 2.05) is 59.5 Å². The van der Waals surface area contributed by atoms with Crippen LogP contribution >= 0.6 is 0 Å². The number of likely N-dealkylation sites (N-methyl/N-ethyl adjacent to an activating group) is 1. The summed E-state index contributed by atoms with van der Waals surface area (Å²) in [5.41, 5.74) is 1.78. The summed E-state index contributed by atoms with van der Waals surface area (Å²) < 4.78 is 6.02. The number of aromatic nitrogens is 1. The van der Waals surface area contributed by atoms with Crippen molar-refractivity contribution in [2.45, 2.75) is 45.9 Å². The van der Waals surface area contributed by atoms with E-state index < -0.39 is 23.5 Å². The minimum atomic E-state index is -0.934. The first-order chi connectivity index (χ1) is 21.0. The van der Waals surface area contributed by atoms with Crippen LogP contribution in [-0.2, 0) is 25.7 Å². The molecular formula is C34H41N5O5. The van der Waals surface area contributed by atoms with Crippen LogP contribution in [0.25, 0.3) is 10.9 Å². The van der Waals surface area contributed by atoms with Crippen molar-refractivity contribution in [3.63, 3.8) is 0 Å². The third-order valence-corrected chi connectivity index (χ3v) is 9.86. The van der Waals surface area contributed by atoms with Gasteiger partial charge in [0.25, 0.3) is 5.91 Å². The quantitative estimate of drug-likeness (QED) is 0.349. The third kappa shape index (κ3) is 5.47. The maximum absolute atomic E-state index is 14.1. The predicted octanol–water partition coefficient (Wildman–Crippen LogP) is 2.95. The normalized spacial score (nSPS) is 22.7. The lowest BCUT2D eigenvalue weighted by Crippen LogP contribution is -2.65. The van der Waals surface area contributed by atoms with E-state index in [0.717, 1.165) is 22.9 Å². The lowest BCUT2D eigenvalue weighted by molar-refractivity contribution is -0.152. The fourth-order valence-corrected chi connectivity index (χ4v) is 6.91. The van der Waals surface area contributed by atoms with Crippen LogP contribution in [0.4, 0.5) is 0 Å². The molecular weight excluding hydrogens is 558 g/mol. The first-order valence-corrected chi connectivity index (χ1v) is 15.3. The molecule has 2 saturated heterocycles. The highest BCUT2D eigenvalue weighted by atomic mass is 16.5. The number of para-hydroxylation sites is 1. The lowest BCUT2D eigenvalue weighted by Gasteiger charge is -2.50. The van der Waals surface area contributed by atoms with E-state index in [0.29, 0.717) is 31.8 Å². The van der Waals surface area contributed by atoms with Crippen LogP contribution in [0.2, 0.25) is 0 Å². The molecule has 1 saturated carbocycles. The number of likely N-dealkylation sites (tertiary alicyclic amines) is 2. The average molecular weight is 600 g/mol. The molecule has 1 spiro atoms. The van der Waals surface area contributed by atoms with Gasteiger partial charge >= 0.3 is 0 Å². The molecule has 4 amide bonds. The number of ether oxygens (including phenoxy) is 1. The van der Waals surface area contributed by atoms with Crippen LogP contribution in [0.3, 0.4) is 0 Å². The molecule has 0 bridgehead atoms. The van der Waals surface area contributed by atoms with Gasteiger partial charge in [0.15, 0.2) is 0 Å². The Kier molecular flexibility index (Phi) is 7.73. The minimum absolute atomic E-state index is 0.000251. The molecule has 232 valence electrons. The monoisotopic (exact) mass is 599 g/mol. The fraction of sp³-hybridized carbons (Fsp3) is 0.471. The second-order valence-electron chi connectivity index (χ2n) is 13.4. The van der Waals surface area contributed by atoms with Gasteiger partial charge in [-0.15, -0.1) is 0 Å². The lowest BCUT2D eigenvalue weighted by atomic mass is 9.70. The zero-order valence-electron chi connectivity index (χ0n) is 25.8. The summed E-state index contributed by atoms with van der Waals surface area (Å²) in [4.78, 5) is 60.8. The molecule has 2 aliphatic heterocycles. The number of nitrogens with one attached hydrogen (secondary N) is 3. The number of nitrogens with zero attached hydrogens (tertiary/aromatic N) is 2. The van der Waals surface area contributed by atoms with Crippen molar-refractivity contribution in [2.75, 3.05) is 33.2 Å². The van der Waals surface area contributed by atoms with Crippen LogP contribution in [-0.4, -0.2) is 83.8 Å². The maximum atomic E-state index is 14.1. The molecule has 3 aliphatic rings. The smallest absolute Gasteiger partial charge is 0.256 e. The molecule has 3 fully saturated rings. The molecule has 6 rings (SSSR count). The van der Waals surface area contributed by atoms with Crippen LogP contribution in [0.1, 0.15) is 43.1 Å². The molecule has 0 unspecified atom stereocenters. The van der Waals surface area contributed by atoms with E-state index >= 15 is 0 Å². The molecule has 10 nitrogen and oxygen atoms in total. The number of hydrogen-bond donors (Lipinski definition) is 3. The van der Waals surface area contributed by atoms with Crippen LogP contribution in [0.15, 0.2) is 60.8 Å². The van der Waals surface area contributed by atoms with Gasteiger partial charge in [0.05, 0.1) is 24.2 Å². The van der Waals surface area contributed by atoms with Crippen molar-refractivity contribution in [1.29, 1.82) is 0 Å². The third-order valence-electron chi connectivity index (χ3n) is 9.86. The number of fused-ring (bicyclic) bond motifs is 1. The Balaban J connectivity index is 1.21. The largest absolute Gasteiger partial charge is 0.371 e. The topological polar surface area (TPSA) is 124 Å². The highest BCUT2D eigenvalue weighted by Crippen LogP contribution is 2.54. The van der Waals surface area contributed by atoms with E-state index in [9.17, 15) is 19.2 Å². The Morgan fingerprint density at radius 1 is 0.977 bits per heavy atom. The van der Waals surface area contributed by atoms with E-state index in [1.165, 1.54) is 7.05 Å². The van der Waals surface area contributed by atoms with Crippen molar-refractivity contribution in [2.24, 2.45) is 22.7 Å². The SMILES string of the molecule is CNC(=O)[C@@H](NC(=O)[C@H]1CN(C(=O)c2c[nH]c3ccccc23)CC12CN(C(=O)[C@H]1CC1(C)C)C2)[C@@H](C)OCc1ccccc1. The Hall–Kier alpha value is -4.18. The van der Waals surface area contributed by atoms with E-state index in [-0.39, 0.29) is 41.5 Å². The predicted molar refractivity (Wildman–Crippen MR) is 165 cm³/mol. The van der Waals surface area contributed by atoms with Crippen LogP contribution < -0.4 is 10.6 Å². The summed E-state index contributed by atoms with van der Waals surface area (Å²) in [5.74, 6) is -1.32. The van der Waals surface area contributed by atoms with Crippen molar-refractivity contribution in [3.05, 3.63) is 71.9 Å². The standard InChI is InChI=1S/C34H41N5O5/c1-21(44-17-22-10-6-5-7-11-22)28(30(41)35-4)37-29(40)26-16-38(31(42)24-15-36-27-13-9-8-12-23(24)27)18-34(26)19-39(20-34)32(43)25-14-33(25,2)3/h5-13,15,21,25-26,28,36H,14,16-20H2,1-4H3,(H,35,41)(H,37,40)/t21-,25-,26-,28+/m1/s1. The molecule has 2 aromatic carbocycles. The van der Waals surface area contributed by atoms with Gasteiger partial charge in [0, 0.05) is 61.7 Å². The summed E-state index contributed by atoms with van der Waals surface area (Å²) in [6.45, 7) is 7.60. The molecule has 3 heterocycles. The molecule has 3 N–H and O–H groups in total. The molecule has 0 radical (unpaired) electrons. The number of aromatic amines is 1. The van der Waals surface area contributed by atoms with Crippen molar-refractivity contribution >= 4 is 34.5 Å². The highest BCUT2D eigenvalue weighted by molar-refractivity contribution is 6.07. The summed E-state index contributed by atoms with van der Waals surface area (Å²) >= 11 is 0. The van der Waals surface area contributed by atoms with Gasteiger partial charge in [-0.2, -0.15) is 0 Å². The molecule has 1 aromatic heterocycles. The van der Waals surface area contributed by atoms with Gasteiger partial charge in [-0.3, -0.25) is 19.2 Å². The van der Waals surface area contributed by atoms with Gasteiger partial charge in [-0.1, -0.05) is 62.4 Å². The second-order valence-corrected chi connectivity index (χ2v) is 13.4. The number of carbonyl (C=O) groups excluding carboxylic acids is 4. The first kappa shape index (κ1) is 29.9. The van der Waals surface area contributed by atoms with Crippen molar-refractivity contribution in [1.82, 2.24) is 25.4 Å². The molecule has 44 heavy (non-hydrogen) atoms. The fourth-order valence-electron chi connectivity index (χ4n) is 6.91. The van der Waals surface area contributed by atoms with Gasteiger partial charge in [0.2, 0.25) is 17.7 Å². The Morgan fingerprint density at radius 3 is 2.32 bits per heavy atom. The summed E-state index contributed by atoms with van der Waals surface area (Å²) in [5, 5.41) is 6.43. The molecule has 4 atom stereocenters. The second kappa shape index (κ2) is 11.4. The number of H-pyrrole nitrogens is 1. The molecule has 10 heteroatoms. The van der Waals surface area contributed by atoms with Gasteiger partial charge in [-0.05, 0) is 30.4 Å². The van der Waals surface area contributed by atoms with E-state index in [2.05, 4.69) is 29.5 Å². The Labute approximate surface area is 257 Å².